The molecule has 0 radical (unpaired) electrons. The summed E-state index contributed by atoms with van der Waals surface area (Å²) in [7, 11) is 0. The molecule has 45 heavy (non-hydrogen) atoms. The largest absolute Gasteiger partial charge is 0.0776 e. The lowest BCUT2D eigenvalue weighted by molar-refractivity contribution is 0.856. The van der Waals surface area contributed by atoms with Gasteiger partial charge in [-0.1, -0.05) is 213 Å². The molecule has 0 aliphatic heterocycles. The van der Waals surface area contributed by atoms with Gasteiger partial charge in [0.05, 0.1) is 0 Å². The topological polar surface area (TPSA) is 0 Å². The summed E-state index contributed by atoms with van der Waals surface area (Å²) >= 11 is 0. The number of aryl methyl sites for hydroxylation is 3. The zero-order chi connectivity index (χ0) is 31.4. The summed E-state index contributed by atoms with van der Waals surface area (Å²) in [6, 6.07) is 36.4. The molecule has 0 heterocycles. The highest BCUT2D eigenvalue weighted by molar-refractivity contribution is 5.28. The minimum Gasteiger partial charge on any atom is -0.0776 e. The van der Waals surface area contributed by atoms with Crippen molar-refractivity contribution in [1.82, 2.24) is 0 Å². The Hall–Kier alpha value is -3.12. The Kier molecular flexibility index (Phi) is 33.8. The Balaban J connectivity index is -0.000000151. The minimum absolute atomic E-state index is 0. The first-order valence-corrected chi connectivity index (χ1v) is 15.7. The molecule has 0 amide bonds. The van der Waals surface area contributed by atoms with Gasteiger partial charge in [0.15, 0.2) is 0 Å². The van der Waals surface area contributed by atoms with Gasteiger partial charge >= 0.3 is 0 Å². The van der Waals surface area contributed by atoms with Gasteiger partial charge in [-0.05, 0) is 72.3 Å². The lowest BCUT2D eigenvalue weighted by Crippen LogP contribution is -1.89. The summed E-state index contributed by atoms with van der Waals surface area (Å²) in [6.45, 7) is 28.1. The van der Waals surface area contributed by atoms with E-state index in [1.165, 1.54) is 38.9 Å². The molecule has 4 rings (SSSR count). The van der Waals surface area contributed by atoms with Gasteiger partial charge in [0, 0.05) is 0 Å². The summed E-state index contributed by atoms with van der Waals surface area (Å²) in [5.41, 5.74) is 9.82. The van der Waals surface area contributed by atoms with Gasteiger partial charge in [-0.15, -0.1) is 0 Å². The molecule has 0 saturated heterocycles. The van der Waals surface area contributed by atoms with Crippen molar-refractivity contribution >= 4 is 0 Å². The third kappa shape index (κ3) is 23.0. The molecule has 0 aliphatic rings. The smallest absolute Gasteiger partial charge is 0.0216 e. The molecule has 0 N–H and O–H groups in total. The standard InChI is InChI=1S/3C10H14.C9H12.C2H6.4CH4/c1-8(2)10-6-4-9(3)5-7-10;1-8(2)10-6-4-5-9(3)7-10;1-8(2)10-7-5-4-6-9(10)3;1-8(2)9-6-4-3-5-7-9;1-2;;;;/h3*4-8H,1-3H3;3-8H,1-2H3;1-2H3;4*1H4. The predicted molar refractivity (Wildman–Crippen MR) is 215 cm³/mol. The molecule has 0 atom stereocenters. The van der Waals surface area contributed by atoms with Gasteiger partial charge in [0.2, 0.25) is 0 Å². The molecule has 0 fully saturated rings. The van der Waals surface area contributed by atoms with E-state index >= 15 is 0 Å². The summed E-state index contributed by atoms with van der Waals surface area (Å²) < 4.78 is 0. The average Bonchev–Trinajstić information content (AvgIpc) is 2.96. The number of hydrogen-bond acceptors (Lipinski definition) is 0. The van der Waals surface area contributed by atoms with Crippen molar-refractivity contribution < 1.29 is 0 Å². The maximum absolute atomic E-state index is 2.24. The molecule has 4 aromatic rings. The van der Waals surface area contributed by atoms with Crippen LogP contribution in [0.1, 0.15) is 162 Å². The fourth-order valence-corrected chi connectivity index (χ4v) is 4.05. The highest BCUT2D eigenvalue weighted by Crippen LogP contribution is 2.18. The van der Waals surface area contributed by atoms with Gasteiger partial charge in [-0.2, -0.15) is 0 Å². The SMILES string of the molecule is C.C.C.C.CC.CC(C)c1ccccc1.Cc1ccc(C(C)C)cc1.Cc1cccc(C(C)C)c1.Cc1ccccc1C(C)C. The van der Waals surface area contributed by atoms with Gasteiger partial charge in [0.25, 0.3) is 0 Å². The Morgan fingerprint density at radius 2 is 0.756 bits per heavy atom. The first-order chi connectivity index (χ1) is 19.4. The molecule has 4 aromatic carbocycles. The van der Waals surface area contributed by atoms with Gasteiger partial charge in [-0.25, -0.2) is 0 Å². The molecule has 0 saturated carbocycles. The van der Waals surface area contributed by atoms with Gasteiger partial charge < -0.3 is 0 Å². The molecule has 0 nitrogen and oxygen atoms in total. The van der Waals surface area contributed by atoms with Crippen LogP contribution in [0.25, 0.3) is 0 Å². The second-order valence-corrected chi connectivity index (χ2v) is 11.7. The van der Waals surface area contributed by atoms with Crippen LogP contribution in [-0.2, 0) is 0 Å². The molecule has 0 spiro atoms. The second-order valence-electron chi connectivity index (χ2n) is 11.7. The van der Waals surface area contributed by atoms with Crippen LogP contribution in [0.5, 0.6) is 0 Å². The fourth-order valence-electron chi connectivity index (χ4n) is 4.05. The molecule has 0 heteroatoms. The predicted octanol–water partition coefficient (Wildman–Crippen LogP) is 15.7. The normalized spacial score (nSPS) is 9.09. The molecule has 0 aromatic heterocycles. The first-order valence-electron chi connectivity index (χ1n) is 15.7. The van der Waals surface area contributed by atoms with Gasteiger partial charge in [0.1, 0.15) is 0 Å². The van der Waals surface area contributed by atoms with Crippen molar-refractivity contribution in [2.24, 2.45) is 0 Å². The Morgan fingerprint density at radius 3 is 1.09 bits per heavy atom. The van der Waals surface area contributed by atoms with Crippen LogP contribution in [0.3, 0.4) is 0 Å². The van der Waals surface area contributed by atoms with E-state index in [9.17, 15) is 0 Å². The van der Waals surface area contributed by atoms with Crippen molar-refractivity contribution in [2.75, 3.05) is 0 Å². The highest BCUT2D eigenvalue weighted by Gasteiger charge is 2.00. The van der Waals surface area contributed by atoms with E-state index in [0.717, 1.165) is 0 Å². The fraction of sp³-hybridized carbons (Fsp3) is 0.467. The van der Waals surface area contributed by atoms with Gasteiger partial charge in [-0.3, -0.25) is 0 Å². The van der Waals surface area contributed by atoms with E-state index in [0.29, 0.717) is 23.7 Å². The Labute approximate surface area is 284 Å². The van der Waals surface area contributed by atoms with Crippen LogP contribution in [0.15, 0.2) is 103 Å². The van der Waals surface area contributed by atoms with E-state index < -0.39 is 0 Å². The Bertz CT molecular complexity index is 1160. The first kappa shape index (κ1) is 51.5. The molecular formula is C45H76. The van der Waals surface area contributed by atoms with E-state index in [1.54, 1.807) is 0 Å². The molecular weight excluding hydrogens is 540 g/mol. The summed E-state index contributed by atoms with van der Waals surface area (Å²) in [6.07, 6.45) is 0. The number of rotatable bonds is 4. The molecule has 0 bridgehead atoms. The second kappa shape index (κ2) is 29.6. The molecule has 0 unspecified atom stereocenters. The summed E-state index contributed by atoms with van der Waals surface area (Å²) in [4.78, 5) is 0. The summed E-state index contributed by atoms with van der Waals surface area (Å²) in [5, 5.41) is 0. The lowest BCUT2D eigenvalue weighted by Gasteiger charge is -2.07. The van der Waals surface area contributed by atoms with E-state index in [2.05, 4.69) is 173 Å². The van der Waals surface area contributed by atoms with Crippen LogP contribution in [0.2, 0.25) is 0 Å². The van der Waals surface area contributed by atoms with Crippen molar-refractivity contribution in [3.63, 3.8) is 0 Å². The summed E-state index contributed by atoms with van der Waals surface area (Å²) in [5.74, 6) is 2.62. The maximum Gasteiger partial charge on any atom is -0.0216 e. The third-order valence-electron chi connectivity index (χ3n) is 6.73. The van der Waals surface area contributed by atoms with Crippen molar-refractivity contribution in [3.8, 4) is 0 Å². The van der Waals surface area contributed by atoms with Crippen LogP contribution in [-0.4, -0.2) is 0 Å². The van der Waals surface area contributed by atoms with Crippen molar-refractivity contribution in [2.45, 2.75) is 143 Å². The maximum atomic E-state index is 2.24. The van der Waals surface area contributed by atoms with Crippen LogP contribution in [0.4, 0.5) is 0 Å². The Morgan fingerprint density at radius 1 is 0.356 bits per heavy atom. The van der Waals surface area contributed by atoms with E-state index in [4.69, 9.17) is 0 Å². The lowest BCUT2D eigenvalue weighted by atomic mass is 9.99. The van der Waals surface area contributed by atoms with E-state index in [1.807, 2.05) is 19.9 Å². The molecule has 256 valence electrons. The molecule has 0 aliphatic carbocycles. The number of benzene rings is 4. The van der Waals surface area contributed by atoms with Crippen LogP contribution < -0.4 is 0 Å². The quantitative estimate of drug-likeness (QED) is 0.214. The number of hydrogen-bond donors (Lipinski definition) is 0. The zero-order valence-electron chi connectivity index (χ0n) is 28.6. The van der Waals surface area contributed by atoms with Crippen LogP contribution in [0, 0.1) is 20.8 Å². The highest BCUT2D eigenvalue weighted by atomic mass is 14.1. The van der Waals surface area contributed by atoms with Crippen LogP contribution >= 0.6 is 0 Å². The minimum atomic E-state index is 0. The third-order valence-corrected chi connectivity index (χ3v) is 6.73. The zero-order valence-corrected chi connectivity index (χ0v) is 28.6. The van der Waals surface area contributed by atoms with Crippen molar-refractivity contribution in [3.05, 3.63) is 142 Å². The monoisotopic (exact) mass is 617 g/mol. The van der Waals surface area contributed by atoms with Crippen molar-refractivity contribution in [1.29, 1.82) is 0 Å². The van der Waals surface area contributed by atoms with E-state index in [-0.39, 0.29) is 29.7 Å². The average molecular weight is 617 g/mol.